The van der Waals surface area contributed by atoms with Gasteiger partial charge in [-0.3, -0.25) is 0 Å². The van der Waals surface area contributed by atoms with Crippen LogP contribution in [-0.4, -0.2) is 19.3 Å². The van der Waals surface area contributed by atoms with E-state index in [1.54, 1.807) is 0 Å². The Bertz CT molecular complexity index is 377. The summed E-state index contributed by atoms with van der Waals surface area (Å²) < 4.78 is 11.5. The second-order valence-electron chi connectivity index (χ2n) is 5.68. The third kappa shape index (κ3) is 4.43. The van der Waals surface area contributed by atoms with E-state index in [-0.39, 0.29) is 0 Å². The van der Waals surface area contributed by atoms with Crippen LogP contribution in [0.15, 0.2) is 24.3 Å². The third-order valence-corrected chi connectivity index (χ3v) is 4.14. The molecule has 1 aliphatic carbocycles. The summed E-state index contributed by atoms with van der Waals surface area (Å²) >= 11 is 0. The number of hydrogen-bond acceptors (Lipinski definition) is 3. The van der Waals surface area contributed by atoms with Crippen molar-refractivity contribution in [2.45, 2.75) is 39.2 Å². The van der Waals surface area contributed by atoms with Crippen molar-refractivity contribution in [3.8, 4) is 5.75 Å². The van der Waals surface area contributed by atoms with Crippen molar-refractivity contribution < 1.29 is 9.47 Å². The van der Waals surface area contributed by atoms with Gasteiger partial charge in [-0.25, -0.2) is 0 Å². The lowest BCUT2D eigenvalue weighted by Crippen LogP contribution is -2.28. The van der Waals surface area contributed by atoms with E-state index >= 15 is 0 Å². The average molecular weight is 263 g/mol. The molecule has 1 aromatic rings. The molecule has 0 heterocycles. The van der Waals surface area contributed by atoms with Gasteiger partial charge in [-0.15, -0.1) is 0 Å². The van der Waals surface area contributed by atoms with Gasteiger partial charge in [0.2, 0.25) is 0 Å². The van der Waals surface area contributed by atoms with Crippen LogP contribution in [0.1, 0.15) is 33.1 Å². The molecule has 2 N–H and O–H groups in total. The first-order valence-electron chi connectivity index (χ1n) is 7.25. The van der Waals surface area contributed by atoms with Gasteiger partial charge in [-0.2, -0.15) is 0 Å². The molecule has 1 saturated carbocycles. The Hall–Kier alpha value is -1.22. The minimum Gasteiger partial charge on any atom is -0.491 e. The number of rotatable bonds is 5. The first kappa shape index (κ1) is 14.2. The van der Waals surface area contributed by atoms with E-state index in [9.17, 15) is 0 Å². The van der Waals surface area contributed by atoms with Crippen LogP contribution in [0.3, 0.4) is 0 Å². The zero-order chi connectivity index (χ0) is 13.7. The highest BCUT2D eigenvalue weighted by Crippen LogP contribution is 2.30. The molecule has 2 rings (SSSR count). The number of nitrogen functional groups attached to an aromatic ring is 1. The van der Waals surface area contributed by atoms with Gasteiger partial charge in [-0.1, -0.05) is 13.8 Å². The maximum absolute atomic E-state index is 5.90. The maximum Gasteiger partial charge on any atom is 0.119 e. The second-order valence-corrected chi connectivity index (χ2v) is 5.68. The molecule has 3 heteroatoms. The van der Waals surface area contributed by atoms with Gasteiger partial charge in [-0.05, 0) is 55.4 Å². The molecule has 0 aromatic heterocycles. The van der Waals surface area contributed by atoms with Gasteiger partial charge < -0.3 is 15.2 Å². The summed E-state index contributed by atoms with van der Waals surface area (Å²) in [5.41, 5.74) is 6.38. The van der Waals surface area contributed by atoms with E-state index in [0.29, 0.717) is 19.3 Å². The maximum atomic E-state index is 5.90. The minimum atomic E-state index is 0.418. The summed E-state index contributed by atoms with van der Waals surface area (Å²) in [4.78, 5) is 0. The molecular weight excluding hydrogens is 238 g/mol. The summed E-state index contributed by atoms with van der Waals surface area (Å²) in [7, 11) is 0. The molecule has 0 bridgehead atoms. The van der Waals surface area contributed by atoms with Crippen molar-refractivity contribution in [1.82, 2.24) is 0 Å². The predicted octanol–water partition coefficient (Wildman–Crippen LogP) is 3.49. The summed E-state index contributed by atoms with van der Waals surface area (Å²) in [6.45, 7) is 5.93. The molecule has 19 heavy (non-hydrogen) atoms. The summed E-state index contributed by atoms with van der Waals surface area (Å²) in [5, 5.41) is 0. The zero-order valence-electron chi connectivity index (χ0n) is 12.0. The predicted molar refractivity (Wildman–Crippen MR) is 78.3 cm³/mol. The minimum absolute atomic E-state index is 0.418. The third-order valence-electron chi connectivity index (χ3n) is 4.14. The molecule has 0 saturated heterocycles. The summed E-state index contributed by atoms with van der Waals surface area (Å²) in [6, 6.07) is 7.47. The van der Waals surface area contributed by atoms with Gasteiger partial charge in [0, 0.05) is 5.69 Å². The smallest absolute Gasteiger partial charge is 0.119 e. The van der Waals surface area contributed by atoms with E-state index in [2.05, 4.69) is 13.8 Å². The highest BCUT2D eigenvalue weighted by molar-refractivity contribution is 5.41. The number of nitrogens with two attached hydrogens (primary N) is 1. The van der Waals surface area contributed by atoms with Gasteiger partial charge >= 0.3 is 0 Å². The Kier molecular flexibility index (Phi) is 5.08. The Morgan fingerprint density at radius 2 is 1.79 bits per heavy atom. The van der Waals surface area contributed by atoms with E-state index in [1.165, 1.54) is 19.3 Å². The van der Waals surface area contributed by atoms with Gasteiger partial charge in [0.05, 0.1) is 12.7 Å². The van der Waals surface area contributed by atoms with Gasteiger partial charge in [0.1, 0.15) is 12.4 Å². The topological polar surface area (TPSA) is 44.5 Å². The van der Waals surface area contributed by atoms with Crippen molar-refractivity contribution in [1.29, 1.82) is 0 Å². The molecule has 1 aromatic carbocycles. The number of benzene rings is 1. The fourth-order valence-electron chi connectivity index (χ4n) is 2.59. The Labute approximate surface area is 116 Å². The van der Waals surface area contributed by atoms with Crippen LogP contribution in [0.4, 0.5) is 5.69 Å². The second kappa shape index (κ2) is 6.80. The normalized spacial score (nSPS) is 27.2. The van der Waals surface area contributed by atoms with Crippen molar-refractivity contribution in [3.63, 3.8) is 0 Å². The molecular formula is C16H25NO2. The Morgan fingerprint density at radius 3 is 2.47 bits per heavy atom. The Balaban J connectivity index is 1.63. The standard InChI is InChI=1S/C16H25NO2/c1-12-3-6-16(11-13(12)2)19-10-9-18-15-7-4-14(17)5-8-15/h4-5,7-8,12-13,16H,3,6,9-11,17H2,1-2H3. The van der Waals surface area contributed by atoms with Crippen LogP contribution in [-0.2, 0) is 4.74 Å². The van der Waals surface area contributed by atoms with Crippen molar-refractivity contribution in [2.75, 3.05) is 18.9 Å². The molecule has 106 valence electrons. The van der Waals surface area contributed by atoms with Crippen molar-refractivity contribution in [3.05, 3.63) is 24.3 Å². The van der Waals surface area contributed by atoms with Crippen LogP contribution in [0.25, 0.3) is 0 Å². The van der Waals surface area contributed by atoms with E-state index < -0.39 is 0 Å². The lowest BCUT2D eigenvalue weighted by atomic mass is 9.80. The fourth-order valence-corrected chi connectivity index (χ4v) is 2.59. The van der Waals surface area contributed by atoms with Crippen LogP contribution in [0.2, 0.25) is 0 Å². The van der Waals surface area contributed by atoms with Crippen LogP contribution in [0, 0.1) is 11.8 Å². The lowest BCUT2D eigenvalue weighted by molar-refractivity contribution is -0.00908. The Morgan fingerprint density at radius 1 is 1.05 bits per heavy atom. The van der Waals surface area contributed by atoms with E-state index in [1.807, 2.05) is 24.3 Å². The molecule has 1 aliphatic rings. The average Bonchev–Trinajstić information content (AvgIpc) is 2.41. The van der Waals surface area contributed by atoms with Gasteiger partial charge in [0.15, 0.2) is 0 Å². The van der Waals surface area contributed by atoms with Crippen LogP contribution in [0.5, 0.6) is 5.75 Å². The summed E-state index contributed by atoms with van der Waals surface area (Å²) in [5.74, 6) is 2.46. The summed E-state index contributed by atoms with van der Waals surface area (Å²) in [6.07, 6.45) is 4.07. The number of ether oxygens (including phenoxy) is 2. The molecule has 1 fully saturated rings. The zero-order valence-corrected chi connectivity index (χ0v) is 12.0. The molecule has 0 aliphatic heterocycles. The molecule has 0 radical (unpaired) electrons. The van der Waals surface area contributed by atoms with Crippen LogP contribution >= 0.6 is 0 Å². The molecule has 3 nitrogen and oxygen atoms in total. The van der Waals surface area contributed by atoms with Crippen LogP contribution < -0.4 is 10.5 Å². The SMILES string of the molecule is CC1CCC(OCCOc2ccc(N)cc2)CC1C. The van der Waals surface area contributed by atoms with Crippen molar-refractivity contribution in [2.24, 2.45) is 11.8 Å². The molecule has 0 amide bonds. The highest BCUT2D eigenvalue weighted by atomic mass is 16.5. The first-order chi connectivity index (χ1) is 9.15. The molecule has 3 atom stereocenters. The lowest BCUT2D eigenvalue weighted by Gasteiger charge is -2.31. The van der Waals surface area contributed by atoms with Crippen molar-refractivity contribution >= 4 is 5.69 Å². The quantitative estimate of drug-likeness (QED) is 0.653. The highest BCUT2D eigenvalue weighted by Gasteiger charge is 2.24. The number of anilines is 1. The monoisotopic (exact) mass is 263 g/mol. The first-order valence-corrected chi connectivity index (χ1v) is 7.25. The van der Waals surface area contributed by atoms with E-state index in [0.717, 1.165) is 23.3 Å². The van der Waals surface area contributed by atoms with E-state index in [4.69, 9.17) is 15.2 Å². The molecule has 3 unspecified atom stereocenters. The van der Waals surface area contributed by atoms with Gasteiger partial charge in [0.25, 0.3) is 0 Å². The molecule has 0 spiro atoms. The fraction of sp³-hybridized carbons (Fsp3) is 0.625. The largest absolute Gasteiger partial charge is 0.491 e. The number of hydrogen-bond donors (Lipinski definition) is 1.